The van der Waals surface area contributed by atoms with Crippen LogP contribution in [0.1, 0.15) is 12.8 Å². The Bertz CT molecular complexity index is 86.9. The van der Waals surface area contributed by atoms with Crippen LogP contribution < -0.4 is 0 Å². The molecule has 0 spiro atoms. The van der Waals surface area contributed by atoms with Gasteiger partial charge in [0.15, 0.2) is 0 Å². The molecular formula is C6H12BI2O3. The van der Waals surface area contributed by atoms with E-state index in [4.69, 9.17) is 9.31 Å². The first-order chi connectivity index (χ1) is 5.81. The summed E-state index contributed by atoms with van der Waals surface area (Å²) in [5, 5.41) is 10.8. The summed E-state index contributed by atoms with van der Waals surface area (Å²) in [6.07, 6.45) is 1.82. The highest BCUT2D eigenvalue weighted by Gasteiger charge is 2.16. The van der Waals surface area contributed by atoms with Gasteiger partial charge in [-0.25, -0.2) is 5.02 Å². The normalized spacial score (nSPS) is 10.2. The van der Waals surface area contributed by atoms with Crippen molar-refractivity contribution in [3.8, 4) is 0 Å². The quantitative estimate of drug-likeness (QED) is 0.273. The van der Waals surface area contributed by atoms with Crippen LogP contribution in [0.4, 0.5) is 0 Å². The zero-order valence-corrected chi connectivity index (χ0v) is 11.1. The SMILES string of the molecule is [O]B(OCCCI)OCCCI. The molecule has 12 heavy (non-hydrogen) atoms. The lowest BCUT2D eigenvalue weighted by Crippen LogP contribution is -2.22. The van der Waals surface area contributed by atoms with Gasteiger partial charge in [0.1, 0.15) is 0 Å². The molecule has 0 aliphatic rings. The molecule has 0 aromatic rings. The third-order valence-corrected chi connectivity index (χ3v) is 2.59. The highest BCUT2D eigenvalue weighted by molar-refractivity contribution is 14.1. The first-order valence-corrected chi connectivity index (χ1v) is 6.87. The molecule has 0 saturated carbocycles. The van der Waals surface area contributed by atoms with Crippen molar-refractivity contribution in [2.75, 3.05) is 22.1 Å². The first-order valence-electron chi connectivity index (χ1n) is 3.82. The van der Waals surface area contributed by atoms with Gasteiger partial charge in [0, 0.05) is 22.1 Å². The van der Waals surface area contributed by atoms with Crippen molar-refractivity contribution in [2.24, 2.45) is 0 Å². The number of halogens is 2. The summed E-state index contributed by atoms with van der Waals surface area (Å²) in [7, 11) is -1.28. The van der Waals surface area contributed by atoms with Gasteiger partial charge in [0.05, 0.1) is 0 Å². The summed E-state index contributed by atoms with van der Waals surface area (Å²) in [5.74, 6) is 0. The minimum Gasteiger partial charge on any atom is -0.384 e. The second kappa shape index (κ2) is 10.5. The summed E-state index contributed by atoms with van der Waals surface area (Å²) in [4.78, 5) is 0. The fraction of sp³-hybridized carbons (Fsp3) is 1.00. The molecule has 0 saturated heterocycles. The summed E-state index contributed by atoms with van der Waals surface area (Å²) >= 11 is 4.49. The van der Waals surface area contributed by atoms with Crippen molar-refractivity contribution < 1.29 is 14.3 Å². The van der Waals surface area contributed by atoms with Crippen molar-refractivity contribution in [2.45, 2.75) is 12.8 Å². The van der Waals surface area contributed by atoms with Gasteiger partial charge in [-0.05, 0) is 12.8 Å². The largest absolute Gasteiger partial charge is 0.666 e. The van der Waals surface area contributed by atoms with Crippen LogP contribution in [0, 0.1) is 0 Å². The monoisotopic (exact) mass is 397 g/mol. The summed E-state index contributed by atoms with van der Waals surface area (Å²) < 4.78 is 11.7. The Morgan fingerprint density at radius 2 is 1.42 bits per heavy atom. The Hall–Kier alpha value is 1.40. The smallest absolute Gasteiger partial charge is 0.384 e. The van der Waals surface area contributed by atoms with Crippen LogP contribution >= 0.6 is 45.2 Å². The first kappa shape index (κ1) is 13.4. The fourth-order valence-corrected chi connectivity index (χ4v) is 1.14. The second-order valence-electron chi connectivity index (χ2n) is 2.12. The average molecular weight is 397 g/mol. The number of hydrogen-bond acceptors (Lipinski definition) is 2. The van der Waals surface area contributed by atoms with Crippen LogP contribution in [0.5, 0.6) is 0 Å². The molecular weight excluding hydrogens is 385 g/mol. The summed E-state index contributed by atoms with van der Waals surface area (Å²) in [6, 6.07) is 0. The van der Waals surface area contributed by atoms with E-state index in [1.54, 1.807) is 0 Å². The molecule has 0 aromatic heterocycles. The van der Waals surface area contributed by atoms with Crippen LogP contribution in [0.15, 0.2) is 0 Å². The molecule has 0 fully saturated rings. The Labute approximate surface area is 101 Å². The number of rotatable bonds is 8. The fourth-order valence-electron chi connectivity index (χ4n) is 0.516. The molecule has 0 aliphatic heterocycles. The number of hydrogen-bond donors (Lipinski definition) is 0. The van der Waals surface area contributed by atoms with Gasteiger partial charge in [-0.2, -0.15) is 0 Å². The lowest BCUT2D eigenvalue weighted by Gasteiger charge is -2.05. The molecule has 71 valence electrons. The second-order valence-corrected chi connectivity index (χ2v) is 4.27. The Kier molecular flexibility index (Phi) is 11.7. The maximum absolute atomic E-state index is 10.8. The zero-order valence-electron chi connectivity index (χ0n) is 6.80. The standard InChI is InChI=1S/C6H12BI2O3/c8-3-1-5-11-7(10)12-6-2-4-9/h1-6H2. The van der Waals surface area contributed by atoms with Crippen LogP contribution in [0.25, 0.3) is 0 Å². The van der Waals surface area contributed by atoms with E-state index in [0.717, 1.165) is 21.7 Å². The van der Waals surface area contributed by atoms with E-state index < -0.39 is 7.32 Å². The van der Waals surface area contributed by atoms with E-state index in [-0.39, 0.29) is 0 Å². The lowest BCUT2D eigenvalue weighted by molar-refractivity contribution is 0.110. The van der Waals surface area contributed by atoms with Crippen molar-refractivity contribution >= 4 is 52.5 Å². The van der Waals surface area contributed by atoms with Crippen molar-refractivity contribution in [3.63, 3.8) is 0 Å². The van der Waals surface area contributed by atoms with Gasteiger partial charge < -0.3 is 9.31 Å². The predicted molar refractivity (Wildman–Crippen MR) is 65.4 cm³/mol. The Morgan fingerprint density at radius 1 is 1.00 bits per heavy atom. The Balaban J connectivity index is 3.04. The van der Waals surface area contributed by atoms with Crippen LogP contribution in [-0.2, 0) is 14.3 Å². The molecule has 0 amide bonds. The van der Waals surface area contributed by atoms with Gasteiger partial charge in [0.25, 0.3) is 0 Å². The molecule has 0 atom stereocenters. The zero-order chi connectivity index (χ0) is 9.23. The minimum absolute atomic E-state index is 0.501. The molecule has 0 rings (SSSR count). The maximum atomic E-state index is 10.8. The van der Waals surface area contributed by atoms with E-state index in [1.807, 2.05) is 0 Å². The molecule has 0 bridgehead atoms. The topological polar surface area (TPSA) is 38.4 Å². The van der Waals surface area contributed by atoms with E-state index in [0.29, 0.717) is 13.2 Å². The maximum Gasteiger partial charge on any atom is 0.666 e. The highest BCUT2D eigenvalue weighted by atomic mass is 127. The summed E-state index contributed by atoms with van der Waals surface area (Å²) in [6.45, 7) is 1.00. The summed E-state index contributed by atoms with van der Waals surface area (Å²) in [5.41, 5.74) is 0. The van der Waals surface area contributed by atoms with E-state index in [1.165, 1.54) is 0 Å². The molecule has 0 heterocycles. The van der Waals surface area contributed by atoms with Crippen LogP contribution in [-0.4, -0.2) is 29.4 Å². The molecule has 0 aliphatic carbocycles. The van der Waals surface area contributed by atoms with E-state index in [9.17, 15) is 5.02 Å². The molecule has 0 unspecified atom stereocenters. The third kappa shape index (κ3) is 9.49. The molecule has 1 radical (unpaired) electrons. The van der Waals surface area contributed by atoms with Gasteiger partial charge in [-0.3, -0.25) is 0 Å². The Morgan fingerprint density at radius 3 is 1.75 bits per heavy atom. The average Bonchev–Trinajstić information content (AvgIpc) is 2.06. The van der Waals surface area contributed by atoms with E-state index >= 15 is 0 Å². The minimum atomic E-state index is -1.28. The molecule has 3 nitrogen and oxygen atoms in total. The molecule has 6 heteroatoms. The molecule has 0 aromatic carbocycles. The van der Waals surface area contributed by atoms with Gasteiger partial charge in [-0.1, -0.05) is 45.2 Å². The van der Waals surface area contributed by atoms with Gasteiger partial charge >= 0.3 is 7.32 Å². The third-order valence-electron chi connectivity index (χ3n) is 1.06. The van der Waals surface area contributed by atoms with Crippen LogP contribution in [0.2, 0.25) is 0 Å². The van der Waals surface area contributed by atoms with Gasteiger partial charge in [0.2, 0.25) is 0 Å². The highest BCUT2D eigenvalue weighted by Crippen LogP contribution is 1.95. The number of alkyl halides is 2. The lowest BCUT2D eigenvalue weighted by atomic mass is 10.2. The molecule has 0 N–H and O–H groups in total. The predicted octanol–water partition coefficient (Wildman–Crippen LogP) is 2.09. The van der Waals surface area contributed by atoms with E-state index in [2.05, 4.69) is 45.2 Å². The van der Waals surface area contributed by atoms with Crippen LogP contribution in [0.3, 0.4) is 0 Å². The van der Waals surface area contributed by atoms with Crippen molar-refractivity contribution in [1.82, 2.24) is 0 Å². The van der Waals surface area contributed by atoms with Crippen molar-refractivity contribution in [1.29, 1.82) is 0 Å². The van der Waals surface area contributed by atoms with Gasteiger partial charge in [-0.15, -0.1) is 0 Å². The van der Waals surface area contributed by atoms with Crippen molar-refractivity contribution in [3.05, 3.63) is 0 Å².